The van der Waals surface area contributed by atoms with Crippen LogP contribution < -0.4 is 9.47 Å². The van der Waals surface area contributed by atoms with Crippen LogP contribution in [0.4, 0.5) is 0 Å². The van der Waals surface area contributed by atoms with Gasteiger partial charge in [-0.1, -0.05) is 42.5 Å². The van der Waals surface area contributed by atoms with E-state index in [2.05, 4.69) is 42.5 Å². The molecule has 4 aliphatic rings. The highest BCUT2D eigenvalue weighted by Crippen LogP contribution is 2.36. The molecule has 0 radical (unpaired) electrons. The number of rotatable bonds is 12. The molecule has 0 amide bonds. The quantitative estimate of drug-likeness (QED) is 0.444. The molecule has 4 atom stereocenters. The number of epoxide rings is 3. The van der Waals surface area contributed by atoms with Crippen LogP contribution in [0, 0.1) is 0 Å². The maximum Gasteiger partial charge on any atom is 0.119 e. The van der Waals surface area contributed by atoms with Crippen LogP contribution in [-0.2, 0) is 18.9 Å². The summed E-state index contributed by atoms with van der Waals surface area (Å²) in [6, 6.07) is 16.8. The Kier molecular flexibility index (Phi) is 6.38. The number of hydrogen-bond donors (Lipinski definition) is 0. The van der Waals surface area contributed by atoms with E-state index < -0.39 is 0 Å². The lowest BCUT2D eigenvalue weighted by atomic mass is 9.82. The van der Waals surface area contributed by atoms with Crippen LogP contribution >= 0.6 is 0 Å². The first kappa shape index (κ1) is 21.9. The van der Waals surface area contributed by atoms with E-state index in [-0.39, 0.29) is 30.3 Å². The Morgan fingerprint density at radius 1 is 0.706 bits per heavy atom. The van der Waals surface area contributed by atoms with Gasteiger partial charge in [-0.25, -0.2) is 0 Å². The van der Waals surface area contributed by atoms with Gasteiger partial charge < -0.3 is 28.4 Å². The summed E-state index contributed by atoms with van der Waals surface area (Å²) >= 11 is 0. The number of benzene rings is 2. The highest BCUT2D eigenvalue weighted by Gasteiger charge is 2.26. The van der Waals surface area contributed by atoms with Crippen molar-refractivity contribution in [2.24, 2.45) is 0 Å². The number of ether oxygens (including phenoxy) is 6. The summed E-state index contributed by atoms with van der Waals surface area (Å²) in [4.78, 5) is 0. The van der Waals surface area contributed by atoms with Crippen LogP contribution in [-0.4, -0.2) is 64.1 Å². The zero-order chi connectivity index (χ0) is 22.7. The molecular weight excluding hydrogens is 432 g/mol. The lowest BCUT2D eigenvalue weighted by Gasteiger charge is -2.24. The average Bonchev–Trinajstić information content (AvgIpc) is 3.73. The Morgan fingerprint density at radius 2 is 1.21 bits per heavy atom. The van der Waals surface area contributed by atoms with E-state index in [1.165, 1.54) is 16.7 Å². The molecule has 0 spiro atoms. The monoisotopic (exact) mass is 462 g/mol. The van der Waals surface area contributed by atoms with Crippen LogP contribution in [0.3, 0.4) is 0 Å². The third kappa shape index (κ3) is 5.88. The minimum Gasteiger partial charge on any atom is -0.491 e. The maximum atomic E-state index is 5.97. The van der Waals surface area contributed by atoms with Gasteiger partial charge in [0, 0.05) is 5.92 Å². The van der Waals surface area contributed by atoms with Crippen molar-refractivity contribution in [3.8, 4) is 11.5 Å². The molecule has 178 valence electrons. The summed E-state index contributed by atoms with van der Waals surface area (Å²) in [5, 5.41) is 0. The van der Waals surface area contributed by atoms with E-state index in [1.807, 2.05) is 24.3 Å². The van der Waals surface area contributed by atoms with Gasteiger partial charge in [-0.05, 0) is 47.4 Å². The molecule has 2 aromatic carbocycles. The Morgan fingerprint density at radius 3 is 1.65 bits per heavy atom. The predicted octanol–water partition coefficient (Wildman–Crippen LogP) is 4.04. The third-order valence-electron chi connectivity index (χ3n) is 6.42. The second-order valence-corrected chi connectivity index (χ2v) is 9.23. The van der Waals surface area contributed by atoms with Gasteiger partial charge >= 0.3 is 0 Å². The lowest BCUT2D eigenvalue weighted by Crippen LogP contribution is -2.16. The summed E-state index contributed by atoms with van der Waals surface area (Å²) in [6.07, 6.45) is 8.42. The van der Waals surface area contributed by atoms with Crippen molar-refractivity contribution >= 4 is 0 Å². The first-order valence-corrected chi connectivity index (χ1v) is 12.1. The molecule has 3 heterocycles. The molecule has 0 bridgehead atoms. The third-order valence-corrected chi connectivity index (χ3v) is 6.42. The summed E-state index contributed by atoms with van der Waals surface area (Å²) in [5.74, 6) is 1.85. The second kappa shape index (κ2) is 9.92. The smallest absolute Gasteiger partial charge is 0.119 e. The van der Waals surface area contributed by atoms with Gasteiger partial charge in [-0.3, -0.25) is 0 Å². The largest absolute Gasteiger partial charge is 0.491 e. The molecule has 4 unspecified atom stereocenters. The first-order chi connectivity index (χ1) is 16.8. The molecule has 6 rings (SSSR count). The molecule has 3 saturated heterocycles. The van der Waals surface area contributed by atoms with Gasteiger partial charge in [0.05, 0.1) is 32.5 Å². The van der Waals surface area contributed by atoms with E-state index in [4.69, 9.17) is 28.4 Å². The van der Waals surface area contributed by atoms with Gasteiger partial charge in [0.15, 0.2) is 0 Å². The molecule has 1 aliphatic carbocycles. The molecule has 6 nitrogen and oxygen atoms in total. The molecule has 6 heteroatoms. The van der Waals surface area contributed by atoms with Crippen molar-refractivity contribution < 1.29 is 28.4 Å². The Balaban J connectivity index is 1.18. The summed E-state index contributed by atoms with van der Waals surface area (Å²) < 4.78 is 33.4. The fraction of sp³-hybridized carbons (Fsp3) is 0.429. The van der Waals surface area contributed by atoms with Gasteiger partial charge in [-0.2, -0.15) is 0 Å². The molecule has 3 fully saturated rings. The van der Waals surface area contributed by atoms with Crippen LogP contribution in [0.25, 0.3) is 0 Å². The lowest BCUT2D eigenvalue weighted by molar-refractivity contribution is 0.0730. The average molecular weight is 463 g/mol. The van der Waals surface area contributed by atoms with Crippen molar-refractivity contribution in [1.82, 2.24) is 0 Å². The fourth-order valence-electron chi connectivity index (χ4n) is 4.15. The normalized spacial score (nSPS) is 27.6. The van der Waals surface area contributed by atoms with Gasteiger partial charge in [-0.15, -0.1) is 0 Å². The van der Waals surface area contributed by atoms with E-state index >= 15 is 0 Å². The molecule has 34 heavy (non-hydrogen) atoms. The Labute approximate surface area is 200 Å². The minimum absolute atomic E-state index is 0.106. The molecule has 0 N–H and O–H groups in total. The molecule has 0 saturated carbocycles. The van der Waals surface area contributed by atoms with Gasteiger partial charge in [0.25, 0.3) is 0 Å². The number of hydrogen-bond acceptors (Lipinski definition) is 6. The zero-order valence-corrected chi connectivity index (χ0v) is 19.1. The SMILES string of the molecule is C1=CC(OCC2CO2)CC=C1C(c1ccc(OCC2CO2)cc1)c1ccc(OCC2CO2)cc1. The van der Waals surface area contributed by atoms with E-state index in [0.717, 1.165) is 37.7 Å². The van der Waals surface area contributed by atoms with Gasteiger partial charge in [0.1, 0.15) is 43.0 Å². The van der Waals surface area contributed by atoms with Crippen molar-refractivity contribution in [1.29, 1.82) is 0 Å². The van der Waals surface area contributed by atoms with Crippen molar-refractivity contribution in [3.05, 3.63) is 83.5 Å². The second-order valence-electron chi connectivity index (χ2n) is 9.23. The Hall–Kier alpha value is -2.64. The molecule has 3 aliphatic heterocycles. The molecular formula is C28H30O6. The highest BCUT2D eigenvalue weighted by molar-refractivity contribution is 5.48. The summed E-state index contributed by atoms with van der Waals surface area (Å²) in [7, 11) is 0. The van der Waals surface area contributed by atoms with Crippen molar-refractivity contribution in [2.75, 3.05) is 39.6 Å². The van der Waals surface area contributed by atoms with E-state index in [0.29, 0.717) is 19.8 Å². The maximum absolute atomic E-state index is 5.97. The van der Waals surface area contributed by atoms with Gasteiger partial charge in [0.2, 0.25) is 0 Å². The van der Waals surface area contributed by atoms with Crippen LogP contribution in [0.5, 0.6) is 11.5 Å². The zero-order valence-electron chi connectivity index (χ0n) is 19.1. The summed E-state index contributed by atoms with van der Waals surface area (Å²) in [6.45, 7) is 4.30. The topological polar surface area (TPSA) is 65.3 Å². The predicted molar refractivity (Wildman–Crippen MR) is 127 cm³/mol. The molecule has 0 aromatic heterocycles. The standard InChI is InChI=1S/C28H30O6/c1-7-22(29-13-25-16-32-25)8-2-19(1)28(20-3-9-23(10-4-20)30-14-26-17-33-26)21-5-11-24(12-6-21)31-15-27-18-34-27/h1-11,24-28H,12-18H2. The number of allylic oxidation sites excluding steroid dienone is 2. The summed E-state index contributed by atoms with van der Waals surface area (Å²) in [5.41, 5.74) is 3.70. The van der Waals surface area contributed by atoms with Crippen molar-refractivity contribution in [3.63, 3.8) is 0 Å². The van der Waals surface area contributed by atoms with Crippen molar-refractivity contribution in [2.45, 2.75) is 36.8 Å². The minimum atomic E-state index is 0.106. The Bertz CT molecular complexity index is 956. The first-order valence-electron chi connectivity index (χ1n) is 12.1. The van der Waals surface area contributed by atoms with Crippen LogP contribution in [0.15, 0.2) is 72.3 Å². The van der Waals surface area contributed by atoms with Crippen LogP contribution in [0.1, 0.15) is 23.5 Å². The molecule has 2 aromatic rings. The van der Waals surface area contributed by atoms with E-state index in [1.54, 1.807) is 0 Å². The van der Waals surface area contributed by atoms with Crippen LogP contribution in [0.2, 0.25) is 0 Å². The fourth-order valence-corrected chi connectivity index (χ4v) is 4.15. The highest BCUT2D eigenvalue weighted by atomic mass is 16.6. The van der Waals surface area contributed by atoms with E-state index in [9.17, 15) is 0 Å².